The van der Waals surface area contributed by atoms with Crippen LogP contribution in [0.3, 0.4) is 0 Å². The summed E-state index contributed by atoms with van der Waals surface area (Å²) in [5.74, 6) is 0.199. The van der Waals surface area contributed by atoms with Crippen LogP contribution in [0.25, 0.3) is 0 Å². The van der Waals surface area contributed by atoms with E-state index >= 15 is 0 Å². The van der Waals surface area contributed by atoms with Crippen molar-refractivity contribution < 1.29 is 4.79 Å². The fourth-order valence-electron chi connectivity index (χ4n) is 2.14. The summed E-state index contributed by atoms with van der Waals surface area (Å²) in [5.41, 5.74) is 2.27. The molecule has 0 unspecified atom stereocenters. The standard InChI is InChI=1S/C18H16ClN5O/c19-16-6-2-1-5-14(16)10-22-18-23-11-15(12-24-18)17(25)21-9-13-4-3-7-20-8-13/h1-8,11-12H,9-10H2,(H,21,25)(H,22,23,24). The van der Waals surface area contributed by atoms with E-state index in [0.717, 1.165) is 11.1 Å². The zero-order valence-corrected chi connectivity index (χ0v) is 14.1. The largest absolute Gasteiger partial charge is 0.350 e. The second-order valence-electron chi connectivity index (χ2n) is 5.28. The first-order chi connectivity index (χ1) is 12.2. The third kappa shape index (κ3) is 4.74. The molecule has 6 nitrogen and oxygen atoms in total. The summed E-state index contributed by atoms with van der Waals surface area (Å²) in [6.45, 7) is 0.908. The average molecular weight is 354 g/mol. The smallest absolute Gasteiger partial charge is 0.254 e. The maximum atomic E-state index is 12.1. The van der Waals surface area contributed by atoms with E-state index in [-0.39, 0.29) is 5.91 Å². The number of hydrogen-bond acceptors (Lipinski definition) is 5. The van der Waals surface area contributed by atoms with Gasteiger partial charge in [0, 0.05) is 42.9 Å². The number of nitrogens with zero attached hydrogens (tertiary/aromatic N) is 3. The van der Waals surface area contributed by atoms with Crippen LogP contribution in [-0.2, 0) is 13.1 Å². The average Bonchev–Trinajstić information content (AvgIpc) is 2.67. The number of halogens is 1. The van der Waals surface area contributed by atoms with Gasteiger partial charge in [-0.3, -0.25) is 9.78 Å². The van der Waals surface area contributed by atoms with Gasteiger partial charge < -0.3 is 10.6 Å². The number of nitrogens with one attached hydrogen (secondary N) is 2. The normalized spacial score (nSPS) is 10.3. The SMILES string of the molecule is O=C(NCc1cccnc1)c1cnc(NCc2ccccc2Cl)nc1. The highest BCUT2D eigenvalue weighted by Gasteiger charge is 2.07. The van der Waals surface area contributed by atoms with E-state index in [4.69, 9.17) is 11.6 Å². The molecular formula is C18H16ClN5O. The first kappa shape index (κ1) is 16.9. The summed E-state index contributed by atoms with van der Waals surface area (Å²) in [7, 11) is 0. The van der Waals surface area contributed by atoms with Gasteiger partial charge in [0.15, 0.2) is 0 Å². The molecule has 0 saturated heterocycles. The summed E-state index contributed by atoms with van der Waals surface area (Å²) >= 11 is 6.10. The van der Waals surface area contributed by atoms with Crippen LogP contribution in [0.4, 0.5) is 5.95 Å². The molecule has 0 fully saturated rings. The van der Waals surface area contributed by atoms with Crippen molar-refractivity contribution in [3.8, 4) is 0 Å². The third-order valence-corrected chi connectivity index (χ3v) is 3.85. The monoisotopic (exact) mass is 353 g/mol. The van der Waals surface area contributed by atoms with E-state index in [1.807, 2.05) is 36.4 Å². The minimum absolute atomic E-state index is 0.235. The minimum atomic E-state index is -0.235. The lowest BCUT2D eigenvalue weighted by atomic mass is 10.2. The Morgan fingerprint density at radius 2 is 1.80 bits per heavy atom. The number of aromatic nitrogens is 3. The van der Waals surface area contributed by atoms with Crippen LogP contribution >= 0.6 is 11.6 Å². The highest BCUT2D eigenvalue weighted by atomic mass is 35.5. The van der Waals surface area contributed by atoms with Crippen LogP contribution in [0.1, 0.15) is 21.5 Å². The number of pyridine rings is 1. The molecule has 126 valence electrons. The van der Waals surface area contributed by atoms with Crippen LogP contribution in [0, 0.1) is 0 Å². The predicted octanol–water partition coefficient (Wildman–Crippen LogP) is 3.07. The molecule has 1 amide bonds. The second kappa shape index (κ2) is 8.21. The Kier molecular flexibility index (Phi) is 5.53. The molecule has 0 aliphatic heterocycles. The number of anilines is 1. The van der Waals surface area contributed by atoms with Crippen LogP contribution < -0.4 is 10.6 Å². The highest BCUT2D eigenvalue weighted by molar-refractivity contribution is 6.31. The first-order valence-electron chi connectivity index (χ1n) is 7.69. The Morgan fingerprint density at radius 1 is 1.00 bits per heavy atom. The fraction of sp³-hybridized carbons (Fsp3) is 0.111. The number of rotatable bonds is 6. The van der Waals surface area contributed by atoms with Gasteiger partial charge in [-0.05, 0) is 23.3 Å². The molecule has 1 aromatic carbocycles. The molecule has 0 aliphatic rings. The van der Waals surface area contributed by atoms with Crippen molar-refractivity contribution in [2.45, 2.75) is 13.1 Å². The minimum Gasteiger partial charge on any atom is -0.350 e. The number of carbonyl (C=O) groups excluding carboxylic acids is 1. The lowest BCUT2D eigenvalue weighted by Gasteiger charge is -2.07. The van der Waals surface area contributed by atoms with Gasteiger partial charge in [0.05, 0.1) is 5.56 Å². The van der Waals surface area contributed by atoms with E-state index in [1.54, 1.807) is 12.4 Å². The fourth-order valence-corrected chi connectivity index (χ4v) is 2.34. The number of benzene rings is 1. The molecule has 7 heteroatoms. The molecule has 3 aromatic rings. The topological polar surface area (TPSA) is 79.8 Å². The van der Waals surface area contributed by atoms with Gasteiger partial charge in [0.1, 0.15) is 0 Å². The highest BCUT2D eigenvalue weighted by Crippen LogP contribution is 2.15. The molecule has 3 rings (SSSR count). The first-order valence-corrected chi connectivity index (χ1v) is 8.06. The summed E-state index contributed by atoms with van der Waals surface area (Å²) in [5, 5.41) is 6.56. The molecule has 2 heterocycles. The van der Waals surface area contributed by atoms with Crippen LogP contribution in [-0.4, -0.2) is 20.9 Å². The molecule has 0 saturated carbocycles. The van der Waals surface area contributed by atoms with Gasteiger partial charge in [-0.25, -0.2) is 9.97 Å². The van der Waals surface area contributed by atoms with Crippen molar-refractivity contribution in [3.05, 3.63) is 82.9 Å². The molecule has 0 aliphatic carbocycles. The number of amides is 1. The van der Waals surface area contributed by atoms with Crippen molar-refractivity contribution >= 4 is 23.5 Å². The predicted molar refractivity (Wildman–Crippen MR) is 96.2 cm³/mol. The summed E-state index contributed by atoms with van der Waals surface area (Å²) in [6, 6.07) is 11.3. The Balaban J connectivity index is 1.54. The van der Waals surface area contributed by atoms with Crippen molar-refractivity contribution in [1.82, 2.24) is 20.3 Å². The van der Waals surface area contributed by atoms with E-state index in [1.165, 1.54) is 12.4 Å². The summed E-state index contributed by atoms with van der Waals surface area (Å²) in [4.78, 5) is 24.4. The Labute approximate surface area is 150 Å². The molecule has 0 bridgehead atoms. The van der Waals surface area contributed by atoms with Crippen molar-refractivity contribution in [2.75, 3.05) is 5.32 Å². The molecule has 0 radical (unpaired) electrons. The van der Waals surface area contributed by atoms with E-state index in [9.17, 15) is 4.79 Å². The lowest BCUT2D eigenvalue weighted by Crippen LogP contribution is -2.23. The van der Waals surface area contributed by atoms with Crippen LogP contribution in [0.5, 0.6) is 0 Å². The van der Waals surface area contributed by atoms with Crippen LogP contribution in [0.2, 0.25) is 5.02 Å². The van der Waals surface area contributed by atoms with Gasteiger partial charge in [-0.1, -0.05) is 35.9 Å². The molecule has 25 heavy (non-hydrogen) atoms. The summed E-state index contributed by atoms with van der Waals surface area (Å²) < 4.78 is 0. The van der Waals surface area contributed by atoms with Gasteiger partial charge in [0.2, 0.25) is 5.95 Å². The zero-order chi connectivity index (χ0) is 17.5. The molecular weight excluding hydrogens is 338 g/mol. The van der Waals surface area contributed by atoms with Crippen LogP contribution in [0.15, 0.2) is 61.2 Å². The van der Waals surface area contributed by atoms with Crippen molar-refractivity contribution in [2.24, 2.45) is 0 Å². The maximum Gasteiger partial charge on any atom is 0.254 e. The van der Waals surface area contributed by atoms with E-state index < -0.39 is 0 Å². The van der Waals surface area contributed by atoms with Crippen molar-refractivity contribution in [1.29, 1.82) is 0 Å². The third-order valence-electron chi connectivity index (χ3n) is 3.48. The molecule has 2 N–H and O–H groups in total. The van der Waals surface area contributed by atoms with E-state index in [2.05, 4.69) is 25.6 Å². The van der Waals surface area contributed by atoms with Crippen molar-refractivity contribution in [3.63, 3.8) is 0 Å². The van der Waals surface area contributed by atoms with Gasteiger partial charge in [-0.15, -0.1) is 0 Å². The zero-order valence-electron chi connectivity index (χ0n) is 13.3. The van der Waals surface area contributed by atoms with Gasteiger partial charge in [0.25, 0.3) is 5.91 Å². The summed E-state index contributed by atoms with van der Waals surface area (Å²) in [6.07, 6.45) is 6.37. The number of carbonyl (C=O) groups is 1. The maximum absolute atomic E-state index is 12.1. The van der Waals surface area contributed by atoms with Gasteiger partial charge >= 0.3 is 0 Å². The lowest BCUT2D eigenvalue weighted by molar-refractivity contribution is 0.0950. The Morgan fingerprint density at radius 3 is 2.52 bits per heavy atom. The number of hydrogen-bond donors (Lipinski definition) is 2. The molecule has 2 aromatic heterocycles. The quantitative estimate of drug-likeness (QED) is 0.712. The second-order valence-corrected chi connectivity index (χ2v) is 5.69. The molecule has 0 spiro atoms. The Hall–Kier alpha value is -2.99. The molecule has 0 atom stereocenters. The Bertz CT molecular complexity index is 840. The van der Waals surface area contributed by atoms with Gasteiger partial charge in [-0.2, -0.15) is 0 Å². The van der Waals surface area contributed by atoms with E-state index in [0.29, 0.717) is 29.6 Å².